The highest BCUT2D eigenvalue weighted by Crippen LogP contribution is 2.13. The molecule has 0 aliphatic heterocycles. The summed E-state index contributed by atoms with van der Waals surface area (Å²) < 4.78 is 0. The second-order valence-electron chi connectivity index (χ2n) is 5.12. The van der Waals surface area contributed by atoms with E-state index in [1.807, 2.05) is 30.3 Å². The van der Waals surface area contributed by atoms with Crippen molar-refractivity contribution < 1.29 is 4.79 Å². The van der Waals surface area contributed by atoms with Crippen molar-refractivity contribution in [2.24, 2.45) is 5.73 Å². The van der Waals surface area contributed by atoms with Gasteiger partial charge in [0.15, 0.2) is 0 Å². The van der Waals surface area contributed by atoms with E-state index in [-0.39, 0.29) is 0 Å². The number of urea groups is 1. The third kappa shape index (κ3) is 4.85. The van der Waals surface area contributed by atoms with Gasteiger partial charge in [0, 0.05) is 24.8 Å². The first-order valence-corrected chi connectivity index (χ1v) is 7.46. The molecule has 2 amide bonds. The SMILES string of the molecule is CCCN(CCN(C(N)=O)c1ccccc1)C(C)CC. The van der Waals surface area contributed by atoms with E-state index in [1.54, 1.807) is 4.90 Å². The van der Waals surface area contributed by atoms with Crippen LogP contribution in [0.1, 0.15) is 33.6 Å². The van der Waals surface area contributed by atoms with Gasteiger partial charge in [-0.25, -0.2) is 4.79 Å². The third-order valence-electron chi connectivity index (χ3n) is 3.67. The van der Waals surface area contributed by atoms with E-state index in [0.717, 1.165) is 31.6 Å². The Morgan fingerprint density at radius 3 is 2.30 bits per heavy atom. The number of para-hydroxylation sites is 1. The van der Waals surface area contributed by atoms with Crippen LogP contribution >= 0.6 is 0 Å². The number of hydrogen-bond acceptors (Lipinski definition) is 2. The van der Waals surface area contributed by atoms with Crippen molar-refractivity contribution in [2.75, 3.05) is 24.5 Å². The molecule has 1 unspecified atom stereocenters. The molecule has 0 fully saturated rings. The number of benzene rings is 1. The minimum Gasteiger partial charge on any atom is -0.351 e. The van der Waals surface area contributed by atoms with Crippen LogP contribution in [0.25, 0.3) is 0 Å². The first-order valence-electron chi connectivity index (χ1n) is 7.46. The highest BCUT2D eigenvalue weighted by molar-refractivity contribution is 5.90. The van der Waals surface area contributed by atoms with E-state index < -0.39 is 6.03 Å². The predicted molar refractivity (Wildman–Crippen MR) is 85.0 cm³/mol. The molecular formula is C16H27N3O. The second-order valence-corrected chi connectivity index (χ2v) is 5.12. The summed E-state index contributed by atoms with van der Waals surface area (Å²) in [6, 6.07) is 9.74. The zero-order chi connectivity index (χ0) is 15.0. The Kier molecular flexibility index (Phi) is 7.09. The number of anilines is 1. The van der Waals surface area contributed by atoms with Crippen molar-refractivity contribution in [1.29, 1.82) is 0 Å². The monoisotopic (exact) mass is 277 g/mol. The molecule has 0 aliphatic rings. The molecule has 1 aromatic rings. The van der Waals surface area contributed by atoms with E-state index in [9.17, 15) is 4.79 Å². The normalized spacial score (nSPS) is 12.4. The highest BCUT2D eigenvalue weighted by atomic mass is 16.2. The molecule has 1 aromatic carbocycles. The van der Waals surface area contributed by atoms with Crippen LogP contribution in [0.3, 0.4) is 0 Å². The Morgan fingerprint density at radius 1 is 1.15 bits per heavy atom. The molecular weight excluding hydrogens is 250 g/mol. The standard InChI is InChI=1S/C16H27N3O/c1-4-11-18(14(3)5-2)12-13-19(16(17)20)15-9-7-6-8-10-15/h6-10,14H,4-5,11-13H2,1-3H3,(H2,17,20). The molecule has 4 nitrogen and oxygen atoms in total. The maximum absolute atomic E-state index is 11.6. The summed E-state index contributed by atoms with van der Waals surface area (Å²) in [6.07, 6.45) is 2.23. The topological polar surface area (TPSA) is 49.6 Å². The largest absolute Gasteiger partial charge is 0.351 e. The van der Waals surface area contributed by atoms with E-state index in [1.165, 1.54) is 0 Å². The van der Waals surface area contributed by atoms with Crippen LogP contribution in [0.4, 0.5) is 10.5 Å². The van der Waals surface area contributed by atoms with Gasteiger partial charge in [-0.3, -0.25) is 9.80 Å². The molecule has 0 spiro atoms. The average Bonchev–Trinajstić information content (AvgIpc) is 2.46. The zero-order valence-electron chi connectivity index (χ0n) is 12.9. The molecule has 1 rings (SSSR count). The van der Waals surface area contributed by atoms with Crippen molar-refractivity contribution in [3.8, 4) is 0 Å². The van der Waals surface area contributed by atoms with E-state index >= 15 is 0 Å². The summed E-state index contributed by atoms with van der Waals surface area (Å²) >= 11 is 0. The summed E-state index contributed by atoms with van der Waals surface area (Å²) in [4.78, 5) is 15.7. The van der Waals surface area contributed by atoms with Crippen LogP contribution in [-0.2, 0) is 0 Å². The molecule has 1 atom stereocenters. The first-order chi connectivity index (χ1) is 9.60. The molecule has 0 bridgehead atoms. The Balaban J connectivity index is 2.69. The van der Waals surface area contributed by atoms with E-state index in [0.29, 0.717) is 12.6 Å². The fraction of sp³-hybridized carbons (Fsp3) is 0.562. The molecule has 0 saturated carbocycles. The predicted octanol–water partition coefficient (Wildman–Crippen LogP) is 3.08. The van der Waals surface area contributed by atoms with Gasteiger partial charge in [0.1, 0.15) is 0 Å². The zero-order valence-corrected chi connectivity index (χ0v) is 12.9. The Morgan fingerprint density at radius 2 is 1.80 bits per heavy atom. The molecule has 0 aliphatic carbocycles. The van der Waals surface area contributed by atoms with Crippen molar-refractivity contribution in [1.82, 2.24) is 4.90 Å². The lowest BCUT2D eigenvalue weighted by Crippen LogP contribution is -2.44. The Hall–Kier alpha value is -1.55. The van der Waals surface area contributed by atoms with Crippen molar-refractivity contribution in [2.45, 2.75) is 39.7 Å². The van der Waals surface area contributed by atoms with Crippen LogP contribution in [0.5, 0.6) is 0 Å². The van der Waals surface area contributed by atoms with Gasteiger partial charge in [-0.05, 0) is 38.4 Å². The number of carbonyl (C=O) groups is 1. The quantitative estimate of drug-likeness (QED) is 0.794. The van der Waals surface area contributed by atoms with Crippen molar-refractivity contribution in [3.05, 3.63) is 30.3 Å². The van der Waals surface area contributed by atoms with Gasteiger partial charge in [0.05, 0.1) is 0 Å². The van der Waals surface area contributed by atoms with Gasteiger partial charge in [0.2, 0.25) is 0 Å². The number of primary amides is 1. The molecule has 0 aromatic heterocycles. The minimum atomic E-state index is -0.392. The molecule has 2 N–H and O–H groups in total. The fourth-order valence-electron chi connectivity index (χ4n) is 2.30. The lowest BCUT2D eigenvalue weighted by Gasteiger charge is -2.30. The lowest BCUT2D eigenvalue weighted by atomic mass is 10.2. The molecule has 20 heavy (non-hydrogen) atoms. The number of hydrogen-bond donors (Lipinski definition) is 1. The van der Waals surface area contributed by atoms with Gasteiger partial charge < -0.3 is 5.73 Å². The molecule has 0 heterocycles. The number of amides is 2. The molecule has 4 heteroatoms. The van der Waals surface area contributed by atoms with Crippen LogP contribution in [0.15, 0.2) is 30.3 Å². The summed E-state index contributed by atoms with van der Waals surface area (Å²) in [5.41, 5.74) is 6.37. The second kappa shape index (κ2) is 8.59. The minimum absolute atomic E-state index is 0.392. The maximum atomic E-state index is 11.6. The van der Waals surface area contributed by atoms with Crippen molar-refractivity contribution >= 4 is 11.7 Å². The van der Waals surface area contributed by atoms with Gasteiger partial charge in [-0.1, -0.05) is 32.0 Å². The summed E-state index contributed by atoms with van der Waals surface area (Å²) in [5.74, 6) is 0. The van der Waals surface area contributed by atoms with Crippen LogP contribution in [0.2, 0.25) is 0 Å². The summed E-state index contributed by atoms with van der Waals surface area (Å²) in [7, 11) is 0. The van der Waals surface area contributed by atoms with Gasteiger partial charge >= 0.3 is 6.03 Å². The van der Waals surface area contributed by atoms with Crippen LogP contribution < -0.4 is 10.6 Å². The Bertz CT molecular complexity index is 394. The van der Waals surface area contributed by atoms with E-state index in [2.05, 4.69) is 25.7 Å². The maximum Gasteiger partial charge on any atom is 0.319 e. The summed E-state index contributed by atoms with van der Waals surface area (Å²) in [6.45, 7) is 9.13. The number of rotatable bonds is 8. The summed E-state index contributed by atoms with van der Waals surface area (Å²) in [5, 5.41) is 0. The van der Waals surface area contributed by atoms with Crippen LogP contribution in [-0.4, -0.2) is 36.6 Å². The third-order valence-corrected chi connectivity index (χ3v) is 3.67. The van der Waals surface area contributed by atoms with Gasteiger partial charge in [-0.2, -0.15) is 0 Å². The molecule has 0 radical (unpaired) electrons. The fourth-order valence-corrected chi connectivity index (χ4v) is 2.30. The average molecular weight is 277 g/mol. The highest BCUT2D eigenvalue weighted by Gasteiger charge is 2.16. The molecule has 112 valence electrons. The Labute approximate surface area is 122 Å². The lowest BCUT2D eigenvalue weighted by molar-refractivity contribution is 0.207. The smallest absolute Gasteiger partial charge is 0.319 e. The van der Waals surface area contributed by atoms with Crippen molar-refractivity contribution in [3.63, 3.8) is 0 Å². The molecule has 0 saturated heterocycles. The van der Waals surface area contributed by atoms with Gasteiger partial charge in [0.25, 0.3) is 0 Å². The number of nitrogens with two attached hydrogens (primary N) is 1. The number of nitrogens with zero attached hydrogens (tertiary/aromatic N) is 2. The van der Waals surface area contributed by atoms with Gasteiger partial charge in [-0.15, -0.1) is 0 Å². The first kappa shape index (κ1) is 16.5. The van der Waals surface area contributed by atoms with Crippen LogP contribution in [0, 0.1) is 0 Å². The number of carbonyl (C=O) groups excluding carboxylic acids is 1. The van der Waals surface area contributed by atoms with E-state index in [4.69, 9.17) is 5.73 Å².